The predicted molar refractivity (Wildman–Crippen MR) is 106 cm³/mol. The van der Waals surface area contributed by atoms with Crippen molar-refractivity contribution in [2.75, 3.05) is 39.3 Å². The summed E-state index contributed by atoms with van der Waals surface area (Å²) in [7, 11) is 0. The Morgan fingerprint density at radius 3 is 2.71 bits per heavy atom. The summed E-state index contributed by atoms with van der Waals surface area (Å²) >= 11 is 0. The minimum atomic E-state index is -0.286. The van der Waals surface area contributed by atoms with Gasteiger partial charge in [-0.1, -0.05) is 19.1 Å². The lowest BCUT2D eigenvalue weighted by Gasteiger charge is -2.34. The van der Waals surface area contributed by atoms with E-state index < -0.39 is 0 Å². The first-order valence-electron chi connectivity index (χ1n) is 10.2. The van der Waals surface area contributed by atoms with Gasteiger partial charge in [0, 0.05) is 37.4 Å². The van der Waals surface area contributed by atoms with E-state index in [4.69, 9.17) is 0 Å². The number of carbonyl (C=O) groups excluding carboxylic acids is 1. The normalized spacial score (nSPS) is 20.7. The highest BCUT2D eigenvalue weighted by Gasteiger charge is 2.27. The smallest absolute Gasteiger partial charge is 0.234 e. The number of carbonyl (C=O) groups is 1. The molecule has 1 amide bonds. The Labute approximate surface area is 165 Å². The number of halogens is 1. The number of nitrogens with zero attached hydrogens (tertiary/aromatic N) is 4. The van der Waals surface area contributed by atoms with Gasteiger partial charge < -0.3 is 10.2 Å². The van der Waals surface area contributed by atoms with E-state index in [0.29, 0.717) is 12.2 Å². The molecule has 1 saturated heterocycles. The topological polar surface area (TPSA) is 53.4 Å². The van der Waals surface area contributed by atoms with Crippen LogP contribution in [0.25, 0.3) is 5.69 Å². The Balaban J connectivity index is 1.43. The molecular weight excluding hydrogens is 357 g/mol. The van der Waals surface area contributed by atoms with E-state index in [-0.39, 0.29) is 17.8 Å². The van der Waals surface area contributed by atoms with Gasteiger partial charge in [-0.3, -0.25) is 9.69 Å². The number of aromatic nitrogens is 2. The average molecular weight is 385 g/mol. The van der Waals surface area contributed by atoms with Crippen LogP contribution in [0.5, 0.6) is 0 Å². The number of rotatable bonds is 5. The fraction of sp³-hybridized carbons (Fsp3) is 0.524. The number of para-hydroxylation sites is 1. The van der Waals surface area contributed by atoms with Crippen molar-refractivity contribution in [2.24, 2.45) is 0 Å². The molecule has 0 spiro atoms. The maximum absolute atomic E-state index is 14.2. The molecule has 1 N–H and O–H groups in total. The van der Waals surface area contributed by atoms with E-state index >= 15 is 0 Å². The molecule has 28 heavy (non-hydrogen) atoms. The molecule has 7 heteroatoms. The molecule has 2 heterocycles. The fourth-order valence-electron chi connectivity index (χ4n) is 4.24. The molecule has 1 aromatic heterocycles. The summed E-state index contributed by atoms with van der Waals surface area (Å²) in [6.45, 7) is 7.58. The lowest BCUT2D eigenvalue weighted by molar-refractivity contribution is -0.123. The third-order valence-electron chi connectivity index (χ3n) is 5.88. The first kappa shape index (κ1) is 19.1. The summed E-state index contributed by atoms with van der Waals surface area (Å²) in [5.41, 5.74) is 2.47. The van der Waals surface area contributed by atoms with Gasteiger partial charge in [-0.2, -0.15) is 5.10 Å². The van der Waals surface area contributed by atoms with E-state index in [9.17, 15) is 9.18 Å². The van der Waals surface area contributed by atoms with Gasteiger partial charge in [0.25, 0.3) is 0 Å². The highest BCUT2D eigenvalue weighted by atomic mass is 19.1. The standard InChI is InChI=1S/C21H28FN5O/c1-2-25-10-12-26(13-11-25)15-21(28)24-18-7-5-9-19-16(18)14-23-27(19)20-8-4-3-6-17(20)22/h3-4,6,8,14,18H,2,5,7,9-13,15H2,1H3,(H,24,28). The van der Waals surface area contributed by atoms with Crippen LogP contribution in [0, 0.1) is 5.82 Å². The SMILES string of the molecule is CCN1CCN(CC(=O)NC2CCCc3c2cnn3-c2ccccc2F)CC1. The first-order valence-corrected chi connectivity index (χ1v) is 10.2. The summed E-state index contributed by atoms with van der Waals surface area (Å²) in [6.07, 6.45) is 4.47. The number of benzene rings is 1. The zero-order valence-electron chi connectivity index (χ0n) is 16.4. The molecule has 6 nitrogen and oxygen atoms in total. The Bertz CT molecular complexity index is 828. The van der Waals surface area contributed by atoms with Gasteiger partial charge in [-0.25, -0.2) is 9.07 Å². The van der Waals surface area contributed by atoms with Crippen molar-refractivity contribution in [2.45, 2.75) is 32.2 Å². The molecule has 1 unspecified atom stereocenters. The second kappa shape index (κ2) is 8.41. The molecule has 1 atom stereocenters. The zero-order chi connectivity index (χ0) is 19.5. The largest absolute Gasteiger partial charge is 0.348 e. The number of nitrogens with one attached hydrogen (secondary N) is 1. The summed E-state index contributed by atoms with van der Waals surface area (Å²) in [4.78, 5) is 17.2. The second-order valence-corrected chi connectivity index (χ2v) is 7.63. The van der Waals surface area contributed by atoms with Crippen LogP contribution in [-0.2, 0) is 11.2 Å². The number of hydrogen-bond acceptors (Lipinski definition) is 4. The molecule has 1 aliphatic carbocycles. The molecule has 0 saturated carbocycles. The Kier molecular flexibility index (Phi) is 5.73. The molecular formula is C21H28FN5O. The summed E-state index contributed by atoms with van der Waals surface area (Å²) in [5.74, 6) is -0.229. The monoisotopic (exact) mass is 385 g/mol. The van der Waals surface area contributed by atoms with E-state index in [0.717, 1.165) is 63.2 Å². The van der Waals surface area contributed by atoms with Crippen molar-refractivity contribution in [1.29, 1.82) is 0 Å². The third kappa shape index (κ3) is 3.95. The van der Waals surface area contributed by atoms with E-state index in [1.165, 1.54) is 6.07 Å². The van der Waals surface area contributed by atoms with Crippen LogP contribution in [-0.4, -0.2) is 64.8 Å². The predicted octanol–water partition coefficient (Wildman–Crippen LogP) is 2.14. The molecule has 2 aliphatic rings. The van der Waals surface area contributed by atoms with Gasteiger partial charge in [0.1, 0.15) is 11.5 Å². The van der Waals surface area contributed by atoms with Gasteiger partial charge in [-0.05, 0) is 37.9 Å². The van der Waals surface area contributed by atoms with Crippen LogP contribution in [0.1, 0.15) is 37.1 Å². The zero-order valence-corrected chi connectivity index (χ0v) is 16.4. The molecule has 0 radical (unpaired) electrons. The van der Waals surface area contributed by atoms with Gasteiger partial charge >= 0.3 is 0 Å². The number of amides is 1. The maximum Gasteiger partial charge on any atom is 0.234 e. The van der Waals surface area contributed by atoms with Crippen molar-refractivity contribution in [1.82, 2.24) is 24.9 Å². The quantitative estimate of drug-likeness (QED) is 0.857. The summed E-state index contributed by atoms with van der Waals surface area (Å²) < 4.78 is 15.9. The molecule has 2 aromatic rings. The van der Waals surface area contributed by atoms with Gasteiger partial charge in [0.15, 0.2) is 0 Å². The summed E-state index contributed by atoms with van der Waals surface area (Å²) in [6, 6.07) is 6.63. The van der Waals surface area contributed by atoms with Crippen molar-refractivity contribution < 1.29 is 9.18 Å². The number of fused-ring (bicyclic) bond motifs is 1. The first-order chi connectivity index (χ1) is 13.7. The van der Waals surface area contributed by atoms with Crippen molar-refractivity contribution in [3.05, 3.63) is 47.5 Å². The van der Waals surface area contributed by atoms with E-state index in [1.54, 1.807) is 23.0 Å². The Morgan fingerprint density at radius 1 is 1.21 bits per heavy atom. The molecule has 4 rings (SSSR count). The average Bonchev–Trinajstić information content (AvgIpc) is 3.14. The maximum atomic E-state index is 14.2. The van der Waals surface area contributed by atoms with Crippen molar-refractivity contribution in [3.8, 4) is 5.69 Å². The Hall–Kier alpha value is -2.25. The Morgan fingerprint density at radius 2 is 1.96 bits per heavy atom. The second-order valence-electron chi connectivity index (χ2n) is 7.63. The van der Waals surface area contributed by atoms with E-state index in [1.807, 2.05) is 6.07 Å². The van der Waals surface area contributed by atoms with Crippen molar-refractivity contribution >= 4 is 5.91 Å². The van der Waals surface area contributed by atoms with Crippen LogP contribution >= 0.6 is 0 Å². The molecule has 0 bridgehead atoms. The van der Waals surface area contributed by atoms with Crippen LogP contribution in [0.2, 0.25) is 0 Å². The highest BCUT2D eigenvalue weighted by molar-refractivity contribution is 5.78. The van der Waals surface area contributed by atoms with Gasteiger partial charge in [0.2, 0.25) is 5.91 Å². The molecule has 1 aliphatic heterocycles. The minimum Gasteiger partial charge on any atom is -0.348 e. The van der Waals surface area contributed by atoms with Gasteiger partial charge in [0.05, 0.1) is 18.8 Å². The summed E-state index contributed by atoms with van der Waals surface area (Å²) in [5, 5.41) is 7.61. The molecule has 1 aromatic carbocycles. The van der Waals surface area contributed by atoms with Crippen LogP contribution < -0.4 is 5.32 Å². The van der Waals surface area contributed by atoms with Crippen molar-refractivity contribution in [3.63, 3.8) is 0 Å². The van der Waals surface area contributed by atoms with Crippen LogP contribution in [0.15, 0.2) is 30.5 Å². The molecule has 1 fully saturated rings. The van der Waals surface area contributed by atoms with Crippen LogP contribution in [0.3, 0.4) is 0 Å². The lowest BCUT2D eigenvalue weighted by Crippen LogP contribution is -2.49. The highest BCUT2D eigenvalue weighted by Crippen LogP contribution is 2.31. The third-order valence-corrected chi connectivity index (χ3v) is 5.88. The van der Waals surface area contributed by atoms with Crippen LogP contribution in [0.4, 0.5) is 4.39 Å². The minimum absolute atomic E-state index is 0.0475. The fourth-order valence-corrected chi connectivity index (χ4v) is 4.24. The van der Waals surface area contributed by atoms with Gasteiger partial charge in [-0.15, -0.1) is 0 Å². The number of piperazine rings is 1. The number of likely N-dealkylation sites (N-methyl/N-ethyl adjacent to an activating group) is 1. The lowest BCUT2D eigenvalue weighted by atomic mass is 9.93. The molecule has 150 valence electrons. The van der Waals surface area contributed by atoms with E-state index in [2.05, 4.69) is 27.1 Å². The number of hydrogen-bond donors (Lipinski definition) is 1.